The lowest BCUT2D eigenvalue weighted by Crippen LogP contribution is -2.33. The Labute approximate surface area is 99.3 Å². The molecule has 0 aliphatic rings. The van der Waals surface area contributed by atoms with Gasteiger partial charge in [-0.1, -0.05) is 0 Å². The van der Waals surface area contributed by atoms with Gasteiger partial charge in [-0.05, 0) is 45.7 Å². The van der Waals surface area contributed by atoms with Crippen molar-refractivity contribution in [2.24, 2.45) is 0 Å². The molecule has 0 aliphatic heterocycles. The van der Waals surface area contributed by atoms with Gasteiger partial charge in [0.1, 0.15) is 11.1 Å². The quantitative estimate of drug-likeness (QED) is 0.923. The van der Waals surface area contributed by atoms with Gasteiger partial charge in [-0.25, -0.2) is 4.98 Å². The standard InChI is InChI=1S/C8H11Br2N3O/c1-5(2)11-7(14)4-13-3-6(9)12-8(13)10/h3,5H,4H2,1-2H3,(H,11,14). The first-order chi connectivity index (χ1) is 6.49. The zero-order chi connectivity index (χ0) is 10.7. The van der Waals surface area contributed by atoms with Crippen molar-refractivity contribution in [3.8, 4) is 0 Å². The minimum Gasteiger partial charge on any atom is -0.352 e. The molecule has 0 aromatic carbocycles. The normalized spacial score (nSPS) is 10.6. The summed E-state index contributed by atoms with van der Waals surface area (Å²) < 4.78 is 3.08. The summed E-state index contributed by atoms with van der Waals surface area (Å²) in [5.74, 6) is -0.0226. The fourth-order valence-corrected chi connectivity index (χ4v) is 2.07. The van der Waals surface area contributed by atoms with Gasteiger partial charge in [-0.15, -0.1) is 0 Å². The monoisotopic (exact) mass is 323 g/mol. The second-order valence-corrected chi connectivity index (χ2v) is 4.70. The molecule has 6 heteroatoms. The van der Waals surface area contributed by atoms with E-state index in [1.165, 1.54) is 0 Å². The van der Waals surface area contributed by atoms with Crippen LogP contribution in [0.3, 0.4) is 0 Å². The Balaban J connectivity index is 2.60. The van der Waals surface area contributed by atoms with Crippen LogP contribution in [0.25, 0.3) is 0 Å². The second-order valence-electron chi connectivity index (χ2n) is 3.18. The first kappa shape index (κ1) is 11.7. The number of nitrogens with one attached hydrogen (secondary N) is 1. The fourth-order valence-electron chi connectivity index (χ4n) is 0.996. The van der Waals surface area contributed by atoms with E-state index in [0.29, 0.717) is 9.34 Å². The molecule has 0 saturated heterocycles. The van der Waals surface area contributed by atoms with Crippen molar-refractivity contribution in [1.82, 2.24) is 14.9 Å². The molecule has 4 nitrogen and oxygen atoms in total. The largest absolute Gasteiger partial charge is 0.352 e. The lowest BCUT2D eigenvalue weighted by molar-refractivity contribution is -0.122. The van der Waals surface area contributed by atoms with Gasteiger partial charge in [0.25, 0.3) is 0 Å². The predicted octanol–water partition coefficient (Wildman–Crippen LogP) is 1.93. The summed E-state index contributed by atoms with van der Waals surface area (Å²) in [5, 5.41) is 2.80. The van der Waals surface area contributed by atoms with Gasteiger partial charge in [-0.3, -0.25) is 4.79 Å². The Kier molecular flexibility index (Phi) is 4.12. The molecule has 0 aliphatic carbocycles. The maximum absolute atomic E-state index is 11.4. The Morgan fingerprint density at radius 2 is 2.29 bits per heavy atom. The van der Waals surface area contributed by atoms with Gasteiger partial charge in [0.05, 0.1) is 0 Å². The zero-order valence-corrected chi connectivity index (χ0v) is 11.1. The molecule has 14 heavy (non-hydrogen) atoms. The van der Waals surface area contributed by atoms with Gasteiger partial charge in [0.2, 0.25) is 5.91 Å². The molecular formula is C8H11Br2N3O. The molecule has 78 valence electrons. The number of halogens is 2. The molecule has 1 aromatic heterocycles. The molecule has 0 radical (unpaired) electrons. The van der Waals surface area contributed by atoms with Crippen LogP contribution in [0, 0.1) is 0 Å². The lowest BCUT2D eigenvalue weighted by atomic mass is 10.4. The van der Waals surface area contributed by atoms with Crippen molar-refractivity contribution in [3.05, 3.63) is 15.5 Å². The van der Waals surface area contributed by atoms with Gasteiger partial charge < -0.3 is 9.88 Å². The first-order valence-corrected chi connectivity index (χ1v) is 5.75. The van der Waals surface area contributed by atoms with Crippen molar-refractivity contribution in [2.45, 2.75) is 26.4 Å². The molecule has 1 amide bonds. The van der Waals surface area contributed by atoms with Gasteiger partial charge in [0.15, 0.2) is 4.73 Å². The topological polar surface area (TPSA) is 46.9 Å². The predicted molar refractivity (Wildman–Crippen MR) is 60.9 cm³/mol. The first-order valence-electron chi connectivity index (χ1n) is 4.16. The lowest BCUT2D eigenvalue weighted by Gasteiger charge is -2.08. The highest BCUT2D eigenvalue weighted by atomic mass is 79.9. The average molecular weight is 325 g/mol. The van der Waals surface area contributed by atoms with E-state index in [9.17, 15) is 4.79 Å². The maximum atomic E-state index is 11.4. The molecule has 1 N–H and O–H groups in total. The third kappa shape index (κ3) is 3.42. The highest BCUT2D eigenvalue weighted by molar-refractivity contribution is 9.11. The van der Waals surface area contributed by atoms with E-state index in [4.69, 9.17) is 0 Å². The van der Waals surface area contributed by atoms with Crippen LogP contribution in [0.2, 0.25) is 0 Å². The summed E-state index contributed by atoms with van der Waals surface area (Å²) in [6.45, 7) is 4.13. The number of hydrogen-bond donors (Lipinski definition) is 1. The number of hydrogen-bond acceptors (Lipinski definition) is 2. The minimum absolute atomic E-state index is 0.0226. The summed E-state index contributed by atoms with van der Waals surface area (Å²) in [4.78, 5) is 15.4. The Morgan fingerprint density at radius 3 is 2.71 bits per heavy atom. The summed E-state index contributed by atoms with van der Waals surface area (Å²) in [6.07, 6.45) is 1.75. The van der Waals surface area contributed by atoms with Crippen LogP contribution < -0.4 is 5.32 Å². The average Bonchev–Trinajstić information content (AvgIpc) is 2.28. The molecule has 1 rings (SSSR count). The SMILES string of the molecule is CC(C)NC(=O)Cn1cc(Br)nc1Br. The highest BCUT2D eigenvalue weighted by Crippen LogP contribution is 2.14. The van der Waals surface area contributed by atoms with Gasteiger partial charge >= 0.3 is 0 Å². The number of imidazole rings is 1. The van der Waals surface area contributed by atoms with E-state index >= 15 is 0 Å². The number of nitrogens with zero attached hydrogens (tertiary/aromatic N) is 2. The van der Waals surface area contributed by atoms with Crippen LogP contribution in [0.4, 0.5) is 0 Å². The van der Waals surface area contributed by atoms with E-state index in [1.54, 1.807) is 10.8 Å². The Morgan fingerprint density at radius 1 is 1.64 bits per heavy atom. The molecule has 1 aromatic rings. The van der Waals surface area contributed by atoms with E-state index in [1.807, 2.05) is 13.8 Å². The number of amides is 1. The summed E-state index contributed by atoms with van der Waals surface area (Å²) >= 11 is 6.48. The third-order valence-electron chi connectivity index (χ3n) is 1.46. The molecule has 0 fully saturated rings. The van der Waals surface area contributed by atoms with Crippen molar-refractivity contribution in [3.63, 3.8) is 0 Å². The molecule has 0 atom stereocenters. The van der Waals surface area contributed by atoms with Crippen LogP contribution in [0.15, 0.2) is 15.5 Å². The highest BCUT2D eigenvalue weighted by Gasteiger charge is 2.08. The molecule has 0 spiro atoms. The van der Waals surface area contributed by atoms with E-state index in [0.717, 1.165) is 0 Å². The van der Waals surface area contributed by atoms with E-state index in [2.05, 4.69) is 42.2 Å². The van der Waals surface area contributed by atoms with Crippen LogP contribution in [0.1, 0.15) is 13.8 Å². The van der Waals surface area contributed by atoms with Gasteiger partial charge in [0, 0.05) is 12.2 Å². The molecule has 0 saturated carbocycles. The van der Waals surface area contributed by atoms with E-state index < -0.39 is 0 Å². The van der Waals surface area contributed by atoms with Crippen LogP contribution in [-0.2, 0) is 11.3 Å². The summed E-state index contributed by atoms with van der Waals surface area (Å²) in [5.41, 5.74) is 0. The van der Waals surface area contributed by atoms with Crippen LogP contribution in [0.5, 0.6) is 0 Å². The second kappa shape index (κ2) is 4.93. The Hall–Kier alpha value is -0.360. The van der Waals surface area contributed by atoms with Crippen molar-refractivity contribution in [1.29, 1.82) is 0 Å². The van der Waals surface area contributed by atoms with Crippen molar-refractivity contribution < 1.29 is 4.79 Å². The third-order valence-corrected chi connectivity index (χ3v) is 2.48. The van der Waals surface area contributed by atoms with Crippen LogP contribution >= 0.6 is 31.9 Å². The maximum Gasteiger partial charge on any atom is 0.240 e. The Bertz CT molecular complexity index is 335. The number of carbonyl (C=O) groups is 1. The summed E-state index contributed by atoms with van der Waals surface area (Å²) in [6, 6.07) is 0.160. The minimum atomic E-state index is -0.0226. The molecule has 0 unspecified atom stereocenters. The zero-order valence-electron chi connectivity index (χ0n) is 7.92. The molecule has 1 heterocycles. The van der Waals surface area contributed by atoms with Gasteiger partial charge in [-0.2, -0.15) is 0 Å². The van der Waals surface area contributed by atoms with Crippen molar-refractivity contribution >= 4 is 37.8 Å². The molecule has 0 bridgehead atoms. The van der Waals surface area contributed by atoms with E-state index in [-0.39, 0.29) is 18.5 Å². The van der Waals surface area contributed by atoms with Crippen molar-refractivity contribution in [2.75, 3.05) is 0 Å². The number of aromatic nitrogens is 2. The molecular weight excluding hydrogens is 314 g/mol. The van der Waals surface area contributed by atoms with Crippen LogP contribution in [-0.4, -0.2) is 21.5 Å². The smallest absolute Gasteiger partial charge is 0.240 e. The summed E-state index contributed by atoms with van der Waals surface area (Å²) in [7, 11) is 0. The number of carbonyl (C=O) groups excluding carboxylic acids is 1. The number of rotatable bonds is 3. The fraction of sp³-hybridized carbons (Fsp3) is 0.500.